The molecule has 1 aromatic carbocycles. The van der Waals surface area contributed by atoms with Gasteiger partial charge >= 0.3 is 5.51 Å². The number of thiazole rings is 1. The van der Waals surface area contributed by atoms with Crippen LogP contribution in [0.25, 0.3) is 21.8 Å². The minimum absolute atomic E-state index is 0.277. The van der Waals surface area contributed by atoms with Gasteiger partial charge in [0, 0.05) is 34.1 Å². The van der Waals surface area contributed by atoms with Crippen LogP contribution in [0.4, 0.5) is 18.9 Å². The first-order chi connectivity index (χ1) is 13.2. The number of hydrogen-bond donors (Lipinski definition) is 1. The lowest BCUT2D eigenvalue weighted by atomic mass is 10.1. The number of alkyl halides is 3. The van der Waals surface area contributed by atoms with Crippen molar-refractivity contribution in [3.63, 3.8) is 0 Å². The Bertz CT molecular complexity index is 958. The van der Waals surface area contributed by atoms with E-state index in [1.165, 1.54) is 17.4 Å². The van der Waals surface area contributed by atoms with Crippen LogP contribution in [-0.4, -0.2) is 15.5 Å². The molecule has 148 valence electrons. The van der Waals surface area contributed by atoms with Crippen LogP contribution in [0.3, 0.4) is 0 Å². The molecule has 0 atom stereocenters. The summed E-state index contributed by atoms with van der Waals surface area (Å²) in [7, 11) is 0. The normalized spacial score (nSPS) is 11.8. The summed E-state index contributed by atoms with van der Waals surface area (Å²) >= 11 is 7.44. The highest BCUT2D eigenvalue weighted by atomic mass is 35.5. The second-order valence-electron chi connectivity index (χ2n) is 6.52. The lowest BCUT2D eigenvalue weighted by molar-refractivity contribution is -0.0323. The zero-order chi connectivity index (χ0) is 20.3. The van der Waals surface area contributed by atoms with Gasteiger partial charge in [0.2, 0.25) is 0 Å². The summed E-state index contributed by atoms with van der Waals surface area (Å²) in [4.78, 5) is 9.04. The lowest BCUT2D eigenvalue weighted by Crippen LogP contribution is -2.04. The molecule has 2 aromatic heterocycles. The molecule has 0 amide bonds. The maximum absolute atomic E-state index is 12.3. The molecular weight excluding hydrogens is 427 g/mol. The van der Waals surface area contributed by atoms with Gasteiger partial charge in [-0.3, -0.25) is 4.98 Å². The largest absolute Gasteiger partial charge is 0.461 e. The van der Waals surface area contributed by atoms with Crippen molar-refractivity contribution in [1.82, 2.24) is 9.97 Å². The predicted molar refractivity (Wildman–Crippen MR) is 112 cm³/mol. The van der Waals surface area contributed by atoms with Crippen molar-refractivity contribution in [1.29, 1.82) is 0 Å². The molecule has 3 aromatic rings. The predicted octanol–water partition coefficient (Wildman–Crippen LogP) is 7.30. The SMILES string of the molecule is CC(C)Cc1cc(-c2nc(-c3ccc(NSC(F)(F)F)cc3Cl)cs2)ccn1. The Hall–Kier alpha value is -1.77. The first-order valence-corrected chi connectivity index (χ1v) is 10.5. The highest BCUT2D eigenvalue weighted by molar-refractivity contribution is 8.01. The summed E-state index contributed by atoms with van der Waals surface area (Å²) < 4.78 is 39.1. The number of rotatable bonds is 6. The quantitative estimate of drug-likeness (QED) is 0.405. The highest BCUT2D eigenvalue weighted by Gasteiger charge is 2.29. The van der Waals surface area contributed by atoms with Gasteiger partial charge in [-0.2, -0.15) is 13.2 Å². The molecule has 0 saturated carbocycles. The molecule has 2 heterocycles. The molecule has 28 heavy (non-hydrogen) atoms. The summed E-state index contributed by atoms with van der Waals surface area (Å²) in [6.45, 7) is 4.28. The van der Waals surface area contributed by atoms with E-state index in [1.54, 1.807) is 18.3 Å². The minimum Gasteiger partial charge on any atom is -0.323 e. The summed E-state index contributed by atoms with van der Waals surface area (Å²) in [5.74, 6) is 0.510. The maximum Gasteiger partial charge on any atom is 0.461 e. The standard InChI is InChI=1S/C19H17ClF3N3S2/c1-11(2)7-14-8-12(5-6-24-14)18-25-17(10-27-18)15-4-3-13(9-16(15)20)26-28-19(21,22)23/h3-6,8-11,26H,7H2,1-2H3. The number of anilines is 1. The molecule has 0 bridgehead atoms. The highest BCUT2D eigenvalue weighted by Crippen LogP contribution is 2.36. The topological polar surface area (TPSA) is 37.8 Å². The van der Waals surface area contributed by atoms with E-state index in [4.69, 9.17) is 11.6 Å². The van der Waals surface area contributed by atoms with Crippen LogP contribution >= 0.6 is 34.9 Å². The zero-order valence-corrected chi connectivity index (χ0v) is 17.4. The Labute approximate surface area is 174 Å². The summed E-state index contributed by atoms with van der Waals surface area (Å²) in [6.07, 6.45) is 2.67. The Balaban J connectivity index is 1.80. The first kappa shape index (κ1) is 21.0. The van der Waals surface area contributed by atoms with Crippen LogP contribution in [-0.2, 0) is 6.42 Å². The average Bonchev–Trinajstić information content (AvgIpc) is 3.09. The summed E-state index contributed by atoms with van der Waals surface area (Å²) in [6, 6.07) is 8.62. The Morgan fingerprint density at radius 2 is 2.00 bits per heavy atom. The molecule has 0 saturated heterocycles. The molecule has 1 N–H and O–H groups in total. The third-order valence-electron chi connectivity index (χ3n) is 3.71. The van der Waals surface area contributed by atoms with Crippen molar-refractivity contribution in [2.75, 3.05) is 4.72 Å². The molecule has 0 radical (unpaired) electrons. The number of benzene rings is 1. The molecule has 0 unspecified atom stereocenters. The van der Waals surface area contributed by atoms with Gasteiger partial charge < -0.3 is 4.72 Å². The molecule has 0 aliphatic heterocycles. The van der Waals surface area contributed by atoms with Gasteiger partial charge in [-0.05, 0) is 42.7 Å². The van der Waals surface area contributed by atoms with E-state index in [0.29, 0.717) is 22.2 Å². The van der Waals surface area contributed by atoms with E-state index in [2.05, 4.69) is 28.5 Å². The molecule has 3 rings (SSSR count). The summed E-state index contributed by atoms with van der Waals surface area (Å²) in [5, 5.41) is 3.06. The first-order valence-electron chi connectivity index (χ1n) is 8.43. The third-order valence-corrected chi connectivity index (χ3v) is 5.49. The Kier molecular flexibility index (Phi) is 6.52. The van der Waals surface area contributed by atoms with Crippen molar-refractivity contribution in [2.45, 2.75) is 25.8 Å². The van der Waals surface area contributed by atoms with E-state index in [9.17, 15) is 13.2 Å². The Morgan fingerprint density at radius 3 is 2.68 bits per heavy atom. The molecule has 0 aliphatic carbocycles. The lowest BCUT2D eigenvalue weighted by Gasteiger charge is -2.09. The molecule has 0 spiro atoms. The fourth-order valence-electron chi connectivity index (χ4n) is 2.57. The van der Waals surface area contributed by atoms with Gasteiger partial charge in [0.1, 0.15) is 5.01 Å². The van der Waals surface area contributed by atoms with Gasteiger partial charge in [-0.25, -0.2) is 4.98 Å². The van der Waals surface area contributed by atoms with Crippen LogP contribution in [0.15, 0.2) is 41.9 Å². The van der Waals surface area contributed by atoms with Crippen molar-refractivity contribution in [3.8, 4) is 21.8 Å². The Morgan fingerprint density at radius 1 is 1.21 bits per heavy atom. The number of halogens is 4. The van der Waals surface area contributed by atoms with Crippen LogP contribution in [0, 0.1) is 5.92 Å². The van der Waals surface area contributed by atoms with E-state index in [-0.39, 0.29) is 17.6 Å². The molecule has 0 fully saturated rings. The number of hydrogen-bond acceptors (Lipinski definition) is 5. The molecular formula is C19H17ClF3N3S2. The van der Waals surface area contributed by atoms with Crippen molar-refractivity contribution in [2.24, 2.45) is 5.92 Å². The number of nitrogens with zero attached hydrogens (tertiary/aromatic N) is 2. The van der Waals surface area contributed by atoms with Gasteiger partial charge in [0.15, 0.2) is 0 Å². The monoisotopic (exact) mass is 443 g/mol. The number of nitrogens with one attached hydrogen (secondary N) is 1. The van der Waals surface area contributed by atoms with Crippen molar-refractivity contribution < 1.29 is 13.2 Å². The second-order valence-corrected chi connectivity index (χ2v) is 8.65. The fraction of sp³-hybridized carbons (Fsp3) is 0.263. The fourth-order valence-corrected chi connectivity index (χ4v) is 4.03. The zero-order valence-electron chi connectivity index (χ0n) is 15.0. The molecule has 3 nitrogen and oxygen atoms in total. The average molecular weight is 444 g/mol. The minimum atomic E-state index is -4.37. The smallest absolute Gasteiger partial charge is 0.323 e. The molecule has 0 aliphatic rings. The number of pyridine rings is 1. The van der Waals surface area contributed by atoms with Gasteiger partial charge in [0.05, 0.1) is 22.7 Å². The van der Waals surface area contributed by atoms with Crippen LogP contribution in [0.1, 0.15) is 19.5 Å². The molecule has 9 heteroatoms. The van der Waals surface area contributed by atoms with E-state index in [1.807, 2.05) is 17.5 Å². The van der Waals surface area contributed by atoms with E-state index >= 15 is 0 Å². The second kappa shape index (κ2) is 8.71. The van der Waals surface area contributed by atoms with Crippen molar-refractivity contribution >= 4 is 40.6 Å². The number of aromatic nitrogens is 2. The van der Waals surface area contributed by atoms with Crippen LogP contribution < -0.4 is 4.72 Å². The van der Waals surface area contributed by atoms with E-state index in [0.717, 1.165) is 22.7 Å². The van der Waals surface area contributed by atoms with Gasteiger partial charge in [0.25, 0.3) is 0 Å². The van der Waals surface area contributed by atoms with Crippen LogP contribution in [0.5, 0.6) is 0 Å². The van der Waals surface area contributed by atoms with E-state index < -0.39 is 5.51 Å². The van der Waals surface area contributed by atoms with Crippen LogP contribution in [0.2, 0.25) is 5.02 Å². The van der Waals surface area contributed by atoms with Gasteiger partial charge in [-0.15, -0.1) is 11.3 Å². The van der Waals surface area contributed by atoms with Gasteiger partial charge in [-0.1, -0.05) is 25.4 Å². The maximum atomic E-state index is 12.3. The van der Waals surface area contributed by atoms with Crippen molar-refractivity contribution in [3.05, 3.63) is 52.6 Å². The summed E-state index contributed by atoms with van der Waals surface area (Å²) in [5.41, 5.74) is -0.740. The third kappa shape index (κ3) is 5.62.